The van der Waals surface area contributed by atoms with E-state index in [9.17, 15) is 4.79 Å². The van der Waals surface area contributed by atoms with Crippen LogP contribution in [-0.4, -0.2) is 55.5 Å². The number of rotatable bonds is 5. The van der Waals surface area contributed by atoms with Crippen molar-refractivity contribution in [3.05, 3.63) is 48.7 Å². The molecule has 3 aromatic heterocycles. The number of para-hydroxylation sites is 1. The molecule has 0 unspecified atom stereocenters. The Kier molecular flexibility index (Phi) is 4.26. The first-order valence-corrected chi connectivity index (χ1v) is 9.54. The van der Waals surface area contributed by atoms with Crippen LogP contribution in [0.25, 0.3) is 21.7 Å². The third kappa shape index (κ3) is 3.35. The number of nitrogens with zero attached hydrogens (tertiary/aromatic N) is 6. The van der Waals surface area contributed by atoms with Gasteiger partial charge in [0.2, 0.25) is 17.6 Å². The molecule has 0 radical (unpaired) electrons. The van der Waals surface area contributed by atoms with Gasteiger partial charge in [0.15, 0.2) is 5.13 Å². The molecule has 10 heteroatoms. The monoisotopic (exact) mass is 393 g/mol. The second-order valence-electron chi connectivity index (χ2n) is 6.47. The van der Waals surface area contributed by atoms with E-state index >= 15 is 0 Å². The number of hydrogen-bond donors (Lipinski definition) is 1. The van der Waals surface area contributed by atoms with Gasteiger partial charge in [0.25, 0.3) is 0 Å². The summed E-state index contributed by atoms with van der Waals surface area (Å²) in [5.74, 6) is 1.02. The van der Waals surface area contributed by atoms with E-state index in [1.807, 2.05) is 29.2 Å². The van der Waals surface area contributed by atoms with Gasteiger partial charge in [-0.15, -0.1) is 0 Å². The van der Waals surface area contributed by atoms with Gasteiger partial charge in [-0.3, -0.25) is 14.7 Å². The van der Waals surface area contributed by atoms with E-state index in [2.05, 4.69) is 30.4 Å². The fourth-order valence-electron chi connectivity index (χ4n) is 3.06. The molecular weight excluding hydrogens is 378 g/mol. The summed E-state index contributed by atoms with van der Waals surface area (Å²) in [6, 6.07) is 7.81. The summed E-state index contributed by atoms with van der Waals surface area (Å²) in [5.41, 5.74) is 1.46. The SMILES string of the molecule is O=C(CN1CC(c2nc(-c3cnccn3)no2)C1)Nc1nc2ccccc2s1. The van der Waals surface area contributed by atoms with E-state index in [-0.39, 0.29) is 11.8 Å². The number of benzene rings is 1. The van der Waals surface area contributed by atoms with E-state index in [0.29, 0.717) is 42.2 Å². The van der Waals surface area contributed by atoms with Gasteiger partial charge in [-0.2, -0.15) is 4.98 Å². The van der Waals surface area contributed by atoms with Crippen molar-refractivity contribution in [3.8, 4) is 11.5 Å². The lowest BCUT2D eigenvalue weighted by atomic mass is 10.0. The van der Waals surface area contributed by atoms with E-state index in [1.165, 1.54) is 11.3 Å². The van der Waals surface area contributed by atoms with E-state index in [1.54, 1.807) is 18.6 Å². The van der Waals surface area contributed by atoms with Gasteiger partial charge in [0.05, 0.1) is 28.9 Å². The predicted molar refractivity (Wildman–Crippen MR) is 103 cm³/mol. The number of fused-ring (bicyclic) bond motifs is 1. The second-order valence-corrected chi connectivity index (χ2v) is 7.50. The molecule has 0 bridgehead atoms. The van der Waals surface area contributed by atoms with E-state index in [0.717, 1.165) is 10.2 Å². The first-order chi connectivity index (χ1) is 13.7. The van der Waals surface area contributed by atoms with Crippen LogP contribution in [0, 0.1) is 0 Å². The Bertz CT molecular complexity index is 1090. The number of aromatic nitrogens is 5. The molecule has 1 aromatic carbocycles. The zero-order chi connectivity index (χ0) is 18.9. The summed E-state index contributed by atoms with van der Waals surface area (Å²) in [6.45, 7) is 1.68. The van der Waals surface area contributed by atoms with Crippen LogP contribution in [0.3, 0.4) is 0 Å². The molecule has 5 rings (SSSR count). The zero-order valence-corrected chi connectivity index (χ0v) is 15.5. The molecular formula is C18H15N7O2S. The van der Waals surface area contributed by atoms with Crippen LogP contribution in [0.15, 0.2) is 47.4 Å². The third-order valence-corrected chi connectivity index (χ3v) is 5.40. The van der Waals surface area contributed by atoms with Crippen molar-refractivity contribution in [1.29, 1.82) is 0 Å². The van der Waals surface area contributed by atoms with Crippen LogP contribution in [0.1, 0.15) is 11.8 Å². The first kappa shape index (κ1) is 16.9. The minimum Gasteiger partial charge on any atom is -0.339 e. The molecule has 0 atom stereocenters. The van der Waals surface area contributed by atoms with Crippen LogP contribution < -0.4 is 5.32 Å². The number of carbonyl (C=O) groups is 1. The fourth-order valence-corrected chi connectivity index (χ4v) is 3.94. The van der Waals surface area contributed by atoms with Crippen LogP contribution >= 0.6 is 11.3 Å². The maximum absolute atomic E-state index is 12.3. The van der Waals surface area contributed by atoms with Gasteiger partial charge in [-0.05, 0) is 12.1 Å². The summed E-state index contributed by atoms with van der Waals surface area (Å²) >= 11 is 1.47. The molecule has 1 N–H and O–H groups in total. The summed E-state index contributed by atoms with van der Waals surface area (Å²) in [7, 11) is 0. The normalized spacial score (nSPS) is 14.9. The molecule has 9 nitrogen and oxygen atoms in total. The zero-order valence-electron chi connectivity index (χ0n) is 14.6. The molecule has 4 heterocycles. The van der Waals surface area contributed by atoms with Crippen LogP contribution in [0.5, 0.6) is 0 Å². The maximum atomic E-state index is 12.3. The van der Waals surface area contributed by atoms with Crippen molar-refractivity contribution in [3.63, 3.8) is 0 Å². The number of carbonyl (C=O) groups excluding carboxylic acids is 1. The van der Waals surface area contributed by atoms with Crippen molar-refractivity contribution < 1.29 is 9.32 Å². The predicted octanol–water partition coefficient (Wildman–Crippen LogP) is 2.17. The van der Waals surface area contributed by atoms with Gasteiger partial charge in [0.1, 0.15) is 5.69 Å². The van der Waals surface area contributed by atoms with Crippen LogP contribution in [0.4, 0.5) is 5.13 Å². The Balaban J connectivity index is 1.15. The van der Waals surface area contributed by atoms with Gasteiger partial charge in [0, 0.05) is 25.5 Å². The molecule has 0 aliphatic carbocycles. The average molecular weight is 393 g/mol. The van der Waals surface area contributed by atoms with E-state index in [4.69, 9.17) is 4.52 Å². The highest BCUT2D eigenvalue weighted by molar-refractivity contribution is 7.22. The Hall–Kier alpha value is -3.24. The van der Waals surface area contributed by atoms with Gasteiger partial charge in [-0.25, -0.2) is 9.97 Å². The molecule has 0 spiro atoms. The Morgan fingerprint density at radius 3 is 2.96 bits per heavy atom. The summed E-state index contributed by atoms with van der Waals surface area (Å²) in [6.07, 6.45) is 4.77. The Morgan fingerprint density at radius 1 is 1.25 bits per heavy atom. The van der Waals surface area contributed by atoms with Crippen molar-refractivity contribution in [1.82, 2.24) is 30.0 Å². The summed E-state index contributed by atoms with van der Waals surface area (Å²) in [5, 5.41) is 7.45. The molecule has 1 amide bonds. The summed E-state index contributed by atoms with van der Waals surface area (Å²) < 4.78 is 6.39. The standard InChI is InChI=1S/C18H15N7O2S/c26-15(22-18-21-12-3-1-2-4-14(12)28-18)10-25-8-11(9-25)17-23-16(24-27-17)13-7-19-5-6-20-13/h1-7,11H,8-10H2,(H,21,22,26). The average Bonchev–Trinajstić information content (AvgIpc) is 3.31. The van der Waals surface area contributed by atoms with Crippen molar-refractivity contribution in [2.24, 2.45) is 0 Å². The number of hydrogen-bond acceptors (Lipinski definition) is 9. The van der Waals surface area contributed by atoms with Crippen molar-refractivity contribution in [2.45, 2.75) is 5.92 Å². The minimum absolute atomic E-state index is 0.0803. The molecule has 28 heavy (non-hydrogen) atoms. The molecule has 4 aromatic rings. The van der Waals surface area contributed by atoms with E-state index < -0.39 is 0 Å². The topological polar surface area (TPSA) is 110 Å². The van der Waals surface area contributed by atoms with Gasteiger partial charge >= 0.3 is 0 Å². The number of thiazole rings is 1. The van der Waals surface area contributed by atoms with Gasteiger partial charge in [-0.1, -0.05) is 28.6 Å². The first-order valence-electron chi connectivity index (χ1n) is 8.72. The minimum atomic E-state index is -0.0803. The Morgan fingerprint density at radius 2 is 2.14 bits per heavy atom. The highest BCUT2D eigenvalue weighted by atomic mass is 32.1. The molecule has 1 fully saturated rings. The fraction of sp³-hybridized carbons (Fsp3) is 0.222. The lowest BCUT2D eigenvalue weighted by molar-refractivity contribution is -0.118. The van der Waals surface area contributed by atoms with Crippen LogP contribution in [-0.2, 0) is 4.79 Å². The number of likely N-dealkylation sites (tertiary alicyclic amines) is 1. The lowest BCUT2D eigenvalue weighted by Gasteiger charge is -2.36. The Labute approximate surface area is 163 Å². The highest BCUT2D eigenvalue weighted by Crippen LogP contribution is 2.28. The molecule has 1 saturated heterocycles. The molecule has 1 aliphatic rings. The van der Waals surface area contributed by atoms with Crippen molar-refractivity contribution >= 4 is 32.6 Å². The van der Waals surface area contributed by atoms with Crippen LogP contribution in [0.2, 0.25) is 0 Å². The number of nitrogens with one attached hydrogen (secondary N) is 1. The highest BCUT2D eigenvalue weighted by Gasteiger charge is 2.33. The molecule has 140 valence electrons. The largest absolute Gasteiger partial charge is 0.339 e. The summed E-state index contributed by atoms with van der Waals surface area (Å²) in [4.78, 5) is 31.3. The smallest absolute Gasteiger partial charge is 0.240 e. The van der Waals surface area contributed by atoms with Crippen molar-refractivity contribution in [2.75, 3.05) is 25.0 Å². The lowest BCUT2D eigenvalue weighted by Crippen LogP contribution is -2.48. The third-order valence-electron chi connectivity index (χ3n) is 4.45. The second kappa shape index (κ2) is 7.06. The molecule has 1 aliphatic heterocycles. The maximum Gasteiger partial charge on any atom is 0.240 e. The number of anilines is 1. The molecule has 0 saturated carbocycles. The number of amides is 1. The van der Waals surface area contributed by atoms with Gasteiger partial charge < -0.3 is 9.84 Å². The quantitative estimate of drug-likeness (QED) is 0.549.